The maximum absolute atomic E-state index is 13.1. The second kappa shape index (κ2) is 12.0. The fourth-order valence-electron chi connectivity index (χ4n) is 3.41. The summed E-state index contributed by atoms with van der Waals surface area (Å²) in [5.41, 5.74) is 0. The molecule has 1 atom stereocenters. The number of rotatable bonds is 14. The molecule has 27 heavy (non-hydrogen) atoms. The second-order valence-corrected chi connectivity index (χ2v) is 8.87. The minimum Gasteiger partial charge on any atom is -0.292 e. The van der Waals surface area contributed by atoms with Gasteiger partial charge in [0.1, 0.15) is 0 Å². The van der Waals surface area contributed by atoms with Gasteiger partial charge in [-0.2, -0.15) is 0 Å². The molecular formula is C23H30O2S2. The summed E-state index contributed by atoms with van der Waals surface area (Å²) >= 11 is 2.82. The number of ketones is 2. The van der Waals surface area contributed by atoms with Crippen molar-refractivity contribution in [1.29, 1.82) is 0 Å². The van der Waals surface area contributed by atoms with Crippen LogP contribution in [0.2, 0.25) is 0 Å². The van der Waals surface area contributed by atoms with Crippen molar-refractivity contribution in [3.8, 4) is 0 Å². The summed E-state index contributed by atoms with van der Waals surface area (Å²) in [6.45, 7) is 6.18. The Bertz CT molecular complexity index is 640. The summed E-state index contributed by atoms with van der Waals surface area (Å²) in [7, 11) is 0. The largest absolute Gasteiger partial charge is 0.292 e. The molecule has 1 unspecified atom stereocenters. The predicted octanol–water partition coefficient (Wildman–Crippen LogP) is 7.43. The number of carbonyl (C=O) groups is 2. The predicted molar refractivity (Wildman–Crippen MR) is 117 cm³/mol. The topological polar surface area (TPSA) is 34.1 Å². The quantitative estimate of drug-likeness (QED) is 0.142. The number of hydrogen-bond donors (Lipinski definition) is 0. The Hall–Kier alpha value is -1.52. The molecule has 2 heterocycles. The number of allylic oxidation sites excluding steroid dienone is 1. The molecule has 0 amide bonds. The maximum atomic E-state index is 13.1. The molecule has 2 aromatic rings. The van der Waals surface area contributed by atoms with Gasteiger partial charge in [0, 0.05) is 0 Å². The Morgan fingerprint density at radius 1 is 0.926 bits per heavy atom. The van der Waals surface area contributed by atoms with Gasteiger partial charge in [0.25, 0.3) is 0 Å². The van der Waals surface area contributed by atoms with Crippen LogP contribution in [-0.2, 0) is 0 Å². The minimum atomic E-state index is -0.653. The van der Waals surface area contributed by atoms with E-state index in [1.165, 1.54) is 54.8 Å². The lowest BCUT2D eigenvalue weighted by Gasteiger charge is -2.21. The molecule has 0 bridgehead atoms. The molecule has 2 nitrogen and oxygen atoms in total. The molecule has 0 aliphatic carbocycles. The summed E-state index contributed by atoms with van der Waals surface area (Å²) in [5, 5.41) is 3.78. The third-order valence-corrected chi connectivity index (χ3v) is 6.73. The highest BCUT2D eigenvalue weighted by molar-refractivity contribution is 7.12. The lowest BCUT2D eigenvalue weighted by Crippen LogP contribution is -2.30. The Balaban J connectivity index is 2.03. The molecule has 0 radical (unpaired) electrons. The van der Waals surface area contributed by atoms with E-state index in [2.05, 4.69) is 13.5 Å². The molecule has 0 aliphatic rings. The van der Waals surface area contributed by atoms with E-state index >= 15 is 0 Å². The lowest BCUT2D eigenvalue weighted by atomic mass is 9.81. The smallest absolute Gasteiger partial charge is 0.184 e. The minimum absolute atomic E-state index is 0.0590. The van der Waals surface area contributed by atoms with Gasteiger partial charge in [0.05, 0.1) is 15.7 Å². The highest BCUT2D eigenvalue weighted by atomic mass is 32.1. The Morgan fingerprint density at radius 2 is 1.44 bits per heavy atom. The molecule has 0 saturated carbocycles. The van der Waals surface area contributed by atoms with Crippen molar-refractivity contribution < 1.29 is 9.59 Å². The molecule has 0 aromatic carbocycles. The Morgan fingerprint density at radius 3 is 1.89 bits per heavy atom. The first kappa shape index (κ1) is 21.8. The molecule has 0 aliphatic heterocycles. The van der Waals surface area contributed by atoms with E-state index in [9.17, 15) is 9.59 Å². The van der Waals surface area contributed by atoms with Crippen LogP contribution < -0.4 is 0 Å². The first-order chi connectivity index (χ1) is 13.2. The zero-order valence-corrected chi connectivity index (χ0v) is 17.8. The van der Waals surface area contributed by atoms with Gasteiger partial charge in [-0.1, -0.05) is 70.1 Å². The zero-order chi connectivity index (χ0) is 19.5. The lowest BCUT2D eigenvalue weighted by molar-refractivity contribution is 0.0771. The van der Waals surface area contributed by atoms with Crippen LogP contribution in [-0.4, -0.2) is 11.6 Å². The van der Waals surface area contributed by atoms with Crippen LogP contribution in [0.4, 0.5) is 0 Å². The standard InChI is InChI=1S/C23H30O2S2/c1-3-5-6-7-8-9-10-13-18(4-2)21(22(24)19-14-11-16-26-19)23(25)20-15-12-17-27-20/h4,11-12,14-18,21H,2-3,5-10,13H2,1H3. The molecule has 0 N–H and O–H groups in total. The maximum Gasteiger partial charge on any atom is 0.184 e. The summed E-state index contributed by atoms with van der Waals surface area (Å²) in [5.74, 6) is -0.878. The van der Waals surface area contributed by atoms with E-state index in [4.69, 9.17) is 0 Å². The van der Waals surface area contributed by atoms with Crippen LogP contribution in [0.1, 0.15) is 77.6 Å². The van der Waals surface area contributed by atoms with Crippen LogP contribution in [0.15, 0.2) is 47.7 Å². The van der Waals surface area contributed by atoms with Crippen LogP contribution in [0, 0.1) is 11.8 Å². The third kappa shape index (κ3) is 6.54. The van der Waals surface area contributed by atoms with E-state index in [1.807, 2.05) is 41.1 Å². The van der Waals surface area contributed by atoms with E-state index in [0.717, 1.165) is 19.3 Å². The molecular weight excluding hydrogens is 372 g/mol. The second-order valence-electron chi connectivity index (χ2n) is 6.97. The van der Waals surface area contributed by atoms with Gasteiger partial charge in [0.2, 0.25) is 0 Å². The normalized spacial score (nSPS) is 12.2. The highest BCUT2D eigenvalue weighted by Gasteiger charge is 2.35. The fraction of sp³-hybridized carbons (Fsp3) is 0.478. The van der Waals surface area contributed by atoms with Gasteiger partial charge in [-0.3, -0.25) is 9.59 Å². The van der Waals surface area contributed by atoms with Crippen LogP contribution >= 0.6 is 22.7 Å². The number of carbonyl (C=O) groups excluding carboxylic acids is 2. The van der Waals surface area contributed by atoms with E-state index in [-0.39, 0.29) is 17.5 Å². The molecule has 0 fully saturated rings. The average Bonchev–Trinajstić information content (AvgIpc) is 3.39. The fourth-order valence-corrected chi connectivity index (χ4v) is 4.82. The molecule has 146 valence electrons. The summed E-state index contributed by atoms with van der Waals surface area (Å²) in [4.78, 5) is 27.5. The molecule has 0 spiro atoms. The summed E-state index contributed by atoms with van der Waals surface area (Å²) in [6.07, 6.45) is 11.2. The van der Waals surface area contributed by atoms with Crippen LogP contribution in [0.25, 0.3) is 0 Å². The van der Waals surface area contributed by atoms with Crippen molar-refractivity contribution in [2.24, 2.45) is 11.8 Å². The molecule has 2 rings (SSSR count). The van der Waals surface area contributed by atoms with Gasteiger partial charge in [0.15, 0.2) is 11.6 Å². The van der Waals surface area contributed by atoms with Gasteiger partial charge in [-0.05, 0) is 35.2 Å². The third-order valence-electron chi connectivity index (χ3n) is 4.96. The number of unbranched alkanes of at least 4 members (excludes halogenated alkanes) is 6. The van der Waals surface area contributed by atoms with E-state index in [1.54, 1.807) is 0 Å². The monoisotopic (exact) mass is 402 g/mol. The van der Waals surface area contributed by atoms with Gasteiger partial charge in [-0.25, -0.2) is 0 Å². The van der Waals surface area contributed by atoms with Crippen molar-refractivity contribution in [3.05, 3.63) is 57.4 Å². The van der Waals surface area contributed by atoms with Crippen molar-refractivity contribution in [2.75, 3.05) is 0 Å². The van der Waals surface area contributed by atoms with Crippen LogP contribution in [0.3, 0.4) is 0 Å². The van der Waals surface area contributed by atoms with Crippen LogP contribution in [0.5, 0.6) is 0 Å². The first-order valence-electron chi connectivity index (χ1n) is 9.97. The SMILES string of the molecule is C=CC(CCCCCCCCC)C(C(=O)c1cccs1)C(=O)c1cccs1. The Kier molecular flexibility index (Phi) is 9.71. The van der Waals surface area contributed by atoms with Gasteiger partial charge < -0.3 is 0 Å². The summed E-state index contributed by atoms with van der Waals surface area (Å²) < 4.78 is 0. The highest BCUT2D eigenvalue weighted by Crippen LogP contribution is 2.30. The molecule has 0 saturated heterocycles. The molecule has 4 heteroatoms. The van der Waals surface area contributed by atoms with Crippen molar-refractivity contribution in [2.45, 2.75) is 58.3 Å². The van der Waals surface area contributed by atoms with Gasteiger partial charge >= 0.3 is 0 Å². The number of hydrogen-bond acceptors (Lipinski definition) is 4. The van der Waals surface area contributed by atoms with Crippen molar-refractivity contribution >= 4 is 34.2 Å². The first-order valence-corrected chi connectivity index (χ1v) is 11.7. The van der Waals surface area contributed by atoms with Crippen molar-refractivity contribution in [3.63, 3.8) is 0 Å². The zero-order valence-electron chi connectivity index (χ0n) is 16.2. The number of thiophene rings is 2. The Labute approximate surface area is 171 Å². The summed E-state index contributed by atoms with van der Waals surface area (Å²) in [6, 6.07) is 7.36. The molecule has 2 aromatic heterocycles. The van der Waals surface area contributed by atoms with Gasteiger partial charge in [-0.15, -0.1) is 29.3 Å². The average molecular weight is 403 g/mol. The number of Topliss-reactive ketones (excluding diaryl/α,β-unsaturated/α-hetero) is 2. The van der Waals surface area contributed by atoms with E-state index < -0.39 is 5.92 Å². The van der Waals surface area contributed by atoms with E-state index in [0.29, 0.717) is 9.75 Å². The van der Waals surface area contributed by atoms with Crippen molar-refractivity contribution in [1.82, 2.24) is 0 Å².